The summed E-state index contributed by atoms with van der Waals surface area (Å²) in [4.78, 5) is 11.8. The number of nitrogens with one attached hydrogen (secondary N) is 2. The molecule has 0 aromatic heterocycles. The van der Waals surface area contributed by atoms with Gasteiger partial charge in [0.2, 0.25) is 5.91 Å². The van der Waals surface area contributed by atoms with Gasteiger partial charge in [-0.15, -0.1) is 0 Å². The summed E-state index contributed by atoms with van der Waals surface area (Å²) in [5.41, 5.74) is 0.799. The monoisotopic (exact) mass is 248 g/mol. The van der Waals surface area contributed by atoms with Crippen LogP contribution in [-0.2, 0) is 4.79 Å². The first-order valence-corrected chi connectivity index (χ1v) is 6.39. The molecule has 1 aromatic carbocycles. The molecule has 0 saturated carbocycles. The van der Waals surface area contributed by atoms with E-state index in [2.05, 4.69) is 24.5 Å². The molecule has 98 valence electrons. The Morgan fingerprint density at radius 3 is 2.89 bits per heavy atom. The third-order valence-electron chi connectivity index (χ3n) is 2.84. The third-order valence-corrected chi connectivity index (χ3v) is 2.84. The van der Waals surface area contributed by atoms with Crippen LogP contribution in [0.4, 0.5) is 5.69 Å². The molecule has 0 aliphatic carbocycles. The van der Waals surface area contributed by atoms with E-state index in [-0.39, 0.29) is 11.8 Å². The molecule has 1 heterocycles. The highest BCUT2D eigenvalue weighted by atomic mass is 16.5. The fourth-order valence-electron chi connectivity index (χ4n) is 1.64. The average Bonchev–Trinajstić information content (AvgIpc) is 2.24. The van der Waals surface area contributed by atoms with Crippen molar-refractivity contribution in [1.29, 1.82) is 0 Å². The van der Waals surface area contributed by atoms with Gasteiger partial charge >= 0.3 is 0 Å². The molecule has 1 fully saturated rings. The van der Waals surface area contributed by atoms with E-state index in [1.165, 1.54) is 0 Å². The quantitative estimate of drug-likeness (QED) is 0.836. The highest BCUT2D eigenvalue weighted by molar-refractivity contribution is 5.93. The molecule has 2 N–H and O–H groups in total. The molecular formula is C14H20N2O2. The number of amides is 1. The number of carbonyl (C=O) groups is 1. The molecule has 0 radical (unpaired) electrons. The van der Waals surface area contributed by atoms with E-state index in [0.717, 1.165) is 24.5 Å². The first-order valence-electron chi connectivity index (χ1n) is 6.39. The maximum Gasteiger partial charge on any atom is 0.230 e. The fourth-order valence-corrected chi connectivity index (χ4v) is 1.64. The molecule has 1 aliphatic rings. The Morgan fingerprint density at radius 1 is 1.50 bits per heavy atom. The summed E-state index contributed by atoms with van der Waals surface area (Å²) >= 11 is 0. The molecular weight excluding hydrogens is 228 g/mol. The number of benzene rings is 1. The van der Waals surface area contributed by atoms with Gasteiger partial charge in [0.25, 0.3) is 0 Å². The summed E-state index contributed by atoms with van der Waals surface area (Å²) in [6, 6.07) is 7.55. The van der Waals surface area contributed by atoms with E-state index in [0.29, 0.717) is 12.5 Å². The molecule has 0 bridgehead atoms. The summed E-state index contributed by atoms with van der Waals surface area (Å²) in [6.07, 6.45) is 0. The average molecular weight is 248 g/mol. The third kappa shape index (κ3) is 3.47. The predicted octanol–water partition coefficient (Wildman–Crippen LogP) is 1.88. The van der Waals surface area contributed by atoms with Crippen LogP contribution in [-0.4, -0.2) is 25.6 Å². The van der Waals surface area contributed by atoms with Crippen molar-refractivity contribution in [3.63, 3.8) is 0 Å². The number of ether oxygens (including phenoxy) is 1. The molecule has 2 rings (SSSR count). The predicted molar refractivity (Wildman–Crippen MR) is 71.8 cm³/mol. The van der Waals surface area contributed by atoms with Gasteiger partial charge in [0.1, 0.15) is 5.75 Å². The lowest BCUT2D eigenvalue weighted by Crippen LogP contribution is -2.48. The maximum absolute atomic E-state index is 11.8. The van der Waals surface area contributed by atoms with Crippen LogP contribution in [0.3, 0.4) is 0 Å². The van der Waals surface area contributed by atoms with Crippen LogP contribution in [0, 0.1) is 11.8 Å². The summed E-state index contributed by atoms with van der Waals surface area (Å²) in [6.45, 7) is 6.44. The zero-order valence-corrected chi connectivity index (χ0v) is 10.9. The Kier molecular flexibility index (Phi) is 4.20. The van der Waals surface area contributed by atoms with E-state index in [9.17, 15) is 4.79 Å². The lowest BCUT2D eigenvalue weighted by Gasteiger charge is -2.25. The standard InChI is InChI=1S/C14H20N2O2/c1-10(2)9-18-13-5-3-4-12(6-13)16-14(17)11-7-15-8-11/h3-6,10-11,15H,7-9H2,1-2H3,(H,16,17). The maximum atomic E-state index is 11.8. The van der Waals surface area contributed by atoms with Crippen LogP contribution in [0.15, 0.2) is 24.3 Å². The number of rotatable bonds is 5. The molecule has 1 amide bonds. The van der Waals surface area contributed by atoms with E-state index < -0.39 is 0 Å². The molecule has 18 heavy (non-hydrogen) atoms. The van der Waals surface area contributed by atoms with Gasteiger partial charge in [0.15, 0.2) is 0 Å². The van der Waals surface area contributed by atoms with Gasteiger partial charge in [-0.05, 0) is 18.1 Å². The van der Waals surface area contributed by atoms with Gasteiger partial charge in [-0.2, -0.15) is 0 Å². The Labute approximate surface area is 108 Å². The number of anilines is 1. The van der Waals surface area contributed by atoms with Crippen molar-refractivity contribution in [2.45, 2.75) is 13.8 Å². The van der Waals surface area contributed by atoms with Crippen molar-refractivity contribution in [3.8, 4) is 5.75 Å². The SMILES string of the molecule is CC(C)COc1cccc(NC(=O)C2CNC2)c1. The lowest BCUT2D eigenvalue weighted by molar-refractivity contribution is -0.121. The minimum absolute atomic E-state index is 0.0785. The second kappa shape index (κ2) is 5.87. The Hall–Kier alpha value is -1.55. The van der Waals surface area contributed by atoms with Crippen molar-refractivity contribution in [2.24, 2.45) is 11.8 Å². The highest BCUT2D eigenvalue weighted by Crippen LogP contribution is 2.19. The summed E-state index contributed by atoms with van der Waals surface area (Å²) in [5.74, 6) is 1.47. The van der Waals surface area contributed by atoms with Crippen LogP contribution in [0.25, 0.3) is 0 Å². The van der Waals surface area contributed by atoms with Crippen molar-refractivity contribution in [2.75, 3.05) is 25.0 Å². The molecule has 0 unspecified atom stereocenters. The zero-order chi connectivity index (χ0) is 13.0. The van der Waals surface area contributed by atoms with Crippen molar-refractivity contribution < 1.29 is 9.53 Å². The number of hydrogen-bond acceptors (Lipinski definition) is 3. The summed E-state index contributed by atoms with van der Waals surface area (Å²) < 4.78 is 5.63. The Balaban J connectivity index is 1.91. The summed E-state index contributed by atoms with van der Waals surface area (Å²) in [7, 11) is 0. The van der Waals surface area contributed by atoms with Gasteiger partial charge in [-0.3, -0.25) is 4.79 Å². The molecule has 1 aromatic rings. The molecule has 4 nitrogen and oxygen atoms in total. The minimum atomic E-state index is 0.0785. The first kappa shape index (κ1) is 12.9. The molecule has 0 spiro atoms. The fraction of sp³-hybridized carbons (Fsp3) is 0.500. The second-order valence-corrected chi connectivity index (χ2v) is 5.08. The van der Waals surface area contributed by atoms with Crippen LogP contribution in [0.2, 0.25) is 0 Å². The largest absolute Gasteiger partial charge is 0.493 e. The second-order valence-electron chi connectivity index (χ2n) is 5.08. The normalized spacial score (nSPS) is 15.3. The first-order chi connectivity index (χ1) is 8.65. The topological polar surface area (TPSA) is 50.4 Å². The van der Waals surface area contributed by atoms with Crippen LogP contribution in [0.5, 0.6) is 5.75 Å². The number of hydrogen-bond donors (Lipinski definition) is 2. The zero-order valence-electron chi connectivity index (χ0n) is 10.9. The molecule has 4 heteroatoms. The van der Waals surface area contributed by atoms with E-state index >= 15 is 0 Å². The van der Waals surface area contributed by atoms with Crippen molar-refractivity contribution >= 4 is 11.6 Å². The Morgan fingerprint density at radius 2 is 2.28 bits per heavy atom. The minimum Gasteiger partial charge on any atom is -0.493 e. The van der Waals surface area contributed by atoms with Gasteiger partial charge in [0, 0.05) is 24.8 Å². The summed E-state index contributed by atoms with van der Waals surface area (Å²) in [5, 5.41) is 6.00. The molecule has 1 aliphatic heterocycles. The lowest BCUT2D eigenvalue weighted by atomic mass is 10.0. The molecule has 1 saturated heterocycles. The Bertz CT molecular complexity index is 414. The highest BCUT2D eigenvalue weighted by Gasteiger charge is 2.24. The van der Waals surface area contributed by atoms with Crippen LogP contribution >= 0.6 is 0 Å². The van der Waals surface area contributed by atoms with Crippen LogP contribution in [0.1, 0.15) is 13.8 Å². The molecule has 0 atom stereocenters. The van der Waals surface area contributed by atoms with Gasteiger partial charge < -0.3 is 15.4 Å². The van der Waals surface area contributed by atoms with Crippen molar-refractivity contribution in [1.82, 2.24) is 5.32 Å². The van der Waals surface area contributed by atoms with Gasteiger partial charge in [-0.1, -0.05) is 19.9 Å². The smallest absolute Gasteiger partial charge is 0.230 e. The van der Waals surface area contributed by atoms with E-state index in [1.54, 1.807) is 0 Å². The van der Waals surface area contributed by atoms with Crippen molar-refractivity contribution in [3.05, 3.63) is 24.3 Å². The van der Waals surface area contributed by atoms with Gasteiger partial charge in [0.05, 0.1) is 12.5 Å². The number of carbonyl (C=O) groups excluding carboxylic acids is 1. The van der Waals surface area contributed by atoms with E-state index in [4.69, 9.17) is 4.74 Å². The van der Waals surface area contributed by atoms with E-state index in [1.807, 2.05) is 24.3 Å². The van der Waals surface area contributed by atoms with Crippen LogP contribution < -0.4 is 15.4 Å². The van der Waals surface area contributed by atoms with Gasteiger partial charge in [-0.25, -0.2) is 0 Å².